The third-order valence-electron chi connectivity index (χ3n) is 16.1. The summed E-state index contributed by atoms with van der Waals surface area (Å²) in [4.78, 5) is 24.6. The third kappa shape index (κ3) is 59.8. The van der Waals surface area contributed by atoms with Gasteiger partial charge in [0.15, 0.2) is 0 Å². The van der Waals surface area contributed by atoms with Gasteiger partial charge < -0.3 is 20.3 Å². The van der Waals surface area contributed by atoms with E-state index in [9.17, 15) is 19.8 Å². The molecule has 0 aliphatic heterocycles. The van der Waals surface area contributed by atoms with Crippen molar-refractivity contribution < 1.29 is 24.5 Å². The van der Waals surface area contributed by atoms with E-state index in [1.54, 1.807) is 6.08 Å². The summed E-state index contributed by atoms with van der Waals surface area (Å²) in [5, 5.41) is 23.3. The lowest BCUT2D eigenvalue weighted by atomic mass is 10.0. The number of hydrogen-bond acceptors (Lipinski definition) is 5. The van der Waals surface area contributed by atoms with Crippen LogP contribution in [0.5, 0.6) is 0 Å². The van der Waals surface area contributed by atoms with Crippen LogP contribution in [0.15, 0.2) is 12.2 Å². The van der Waals surface area contributed by atoms with E-state index in [1.165, 1.54) is 321 Å². The highest BCUT2D eigenvalue weighted by Gasteiger charge is 2.18. The van der Waals surface area contributed by atoms with Crippen LogP contribution in [0.1, 0.15) is 386 Å². The SMILES string of the molecule is CCCCCCCCCCCCCCCCCCCCCCCC/C=C/C(O)C(CO)NC(=O)CCCCCCCCCCCCCCCCCCCCCCCOC(=O)CCCCCCCCCCCCCC. The van der Waals surface area contributed by atoms with Crippen molar-refractivity contribution in [2.45, 2.75) is 398 Å². The van der Waals surface area contributed by atoms with E-state index < -0.39 is 12.1 Å². The van der Waals surface area contributed by atoms with Crippen molar-refractivity contribution in [3.8, 4) is 0 Å². The largest absolute Gasteiger partial charge is 0.466 e. The molecule has 0 saturated carbocycles. The number of aliphatic hydroxyl groups is 2. The Morgan fingerprint density at radius 3 is 0.919 bits per heavy atom. The molecule has 0 bridgehead atoms. The van der Waals surface area contributed by atoms with Crippen LogP contribution in [0.2, 0.25) is 0 Å². The molecule has 440 valence electrons. The zero-order valence-corrected chi connectivity index (χ0v) is 50.4. The van der Waals surface area contributed by atoms with Crippen LogP contribution in [0.4, 0.5) is 0 Å². The van der Waals surface area contributed by atoms with Gasteiger partial charge in [0.1, 0.15) is 0 Å². The van der Waals surface area contributed by atoms with Crippen molar-refractivity contribution in [2.75, 3.05) is 13.2 Å². The van der Waals surface area contributed by atoms with Crippen molar-refractivity contribution in [2.24, 2.45) is 0 Å². The molecule has 74 heavy (non-hydrogen) atoms. The molecule has 0 fully saturated rings. The first-order valence-corrected chi connectivity index (χ1v) is 34.0. The van der Waals surface area contributed by atoms with Crippen LogP contribution in [-0.2, 0) is 14.3 Å². The van der Waals surface area contributed by atoms with Crippen molar-refractivity contribution >= 4 is 11.9 Å². The number of ether oxygens (including phenoxy) is 1. The zero-order valence-electron chi connectivity index (χ0n) is 50.4. The molecule has 0 spiro atoms. The highest BCUT2D eigenvalue weighted by molar-refractivity contribution is 5.76. The molecule has 0 aromatic heterocycles. The fourth-order valence-corrected chi connectivity index (χ4v) is 10.9. The number of hydrogen-bond donors (Lipinski definition) is 3. The topological polar surface area (TPSA) is 95.9 Å². The summed E-state index contributed by atoms with van der Waals surface area (Å²) in [6.45, 7) is 4.94. The van der Waals surface area contributed by atoms with E-state index in [4.69, 9.17) is 4.74 Å². The minimum absolute atomic E-state index is 0.0131. The zero-order chi connectivity index (χ0) is 53.6. The standard InChI is InChI=1S/C68H133NO5/c1-3-5-7-9-11-13-15-17-18-19-20-21-22-23-25-28-31-34-37-40-44-48-52-56-60-66(71)65(64-70)69-67(72)61-57-53-49-45-41-38-35-32-29-26-24-27-30-33-36-39-43-47-51-55-59-63-74-68(73)62-58-54-50-46-42-16-14-12-10-8-6-4-2/h56,60,65-66,70-71H,3-55,57-59,61-64H2,1-2H3,(H,69,72)/b60-56+. The Morgan fingerprint density at radius 1 is 0.365 bits per heavy atom. The maximum Gasteiger partial charge on any atom is 0.305 e. The molecule has 0 heterocycles. The van der Waals surface area contributed by atoms with Gasteiger partial charge in [-0.1, -0.05) is 353 Å². The van der Waals surface area contributed by atoms with Gasteiger partial charge in [-0.3, -0.25) is 9.59 Å². The molecule has 0 radical (unpaired) electrons. The van der Waals surface area contributed by atoms with Crippen LogP contribution >= 0.6 is 0 Å². The minimum atomic E-state index is -0.846. The van der Waals surface area contributed by atoms with Crippen molar-refractivity contribution in [1.29, 1.82) is 0 Å². The third-order valence-corrected chi connectivity index (χ3v) is 16.1. The van der Waals surface area contributed by atoms with Gasteiger partial charge in [-0.15, -0.1) is 0 Å². The number of rotatable bonds is 64. The number of aliphatic hydroxyl groups excluding tert-OH is 2. The van der Waals surface area contributed by atoms with Gasteiger partial charge in [0.2, 0.25) is 5.91 Å². The molecular formula is C68H133NO5. The molecule has 0 aliphatic rings. The normalized spacial score (nSPS) is 12.5. The Morgan fingerprint density at radius 2 is 0.622 bits per heavy atom. The molecule has 0 aromatic carbocycles. The van der Waals surface area contributed by atoms with E-state index >= 15 is 0 Å². The number of amides is 1. The lowest BCUT2D eigenvalue weighted by Crippen LogP contribution is -2.45. The molecular weight excluding hydrogens is 911 g/mol. The Bertz CT molecular complexity index is 1110. The van der Waals surface area contributed by atoms with Crippen LogP contribution in [0, 0.1) is 0 Å². The second-order valence-corrected chi connectivity index (χ2v) is 23.5. The molecule has 0 aromatic rings. The second-order valence-electron chi connectivity index (χ2n) is 23.5. The van der Waals surface area contributed by atoms with Gasteiger partial charge in [-0.25, -0.2) is 0 Å². The van der Waals surface area contributed by atoms with Gasteiger partial charge in [0.05, 0.1) is 25.4 Å². The summed E-state index contributed by atoms with van der Waals surface area (Å²) in [5.41, 5.74) is 0. The Kier molecular flexibility index (Phi) is 62.9. The maximum absolute atomic E-state index is 12.5. The molecule has 0 saturated heterocycles. The van der Waals surface area contributed by atoms with E-state index in [0.29, 0.717) is 19.4 Å². The Balaban J connectivity index is 3.41. The van der Waals surface area contributed by atoms with Crippen LogP contribution in [0.3, 0.4) is 0 Å². The number of carbonyl (C=O) groups is 2. The number of nitrogens with one attached hydrogen (secondary N) is 1. The molecule has 6 heteroatoms. The van der Waals surface area contributed by atoms with Gasteiger partial charge in [0.25, 0.3) is 0 Å². The first-order chi connectivity index (χ1) is 36.5. The minimum Gasteiger partial charge on any atom is -0.466 e. The van der Waals surface area contributed by atoms with Crippen LogP contribution < -0.4 is 5.32 Å². The molecule has 0 aliphatic carbocycles. The van der Waals surface area contributed by atoms with Crippen LogP contribution in [0.25, 0.3) is 0 Å². The lowest BCUT2D eigenvalue weighted by Gasteiger charge is -2.20. The highest BCUT2D eigenvalue weighted by atomic mass is 16.5. The fourth-order valence-electron chi connectivity index (χ4n) is 10.9. The number of carbonyl (C=O) groups excluding carboxylic acids is 2. The predicted octanol–water partition coefficient (Wildman–Crippen LogP) is 21.6. The average molecular weight is 1040 g/mol. The van der Waals surface area contributed by atoms with Crippen molar-refractivity contribution in [3.63, 3.8) is 0 Å². The summed E-state index contributed by atoms with van der Waals surface area (Å²) >= 11 is 0. The fraction of sp³-hybridized carbons (Fsp3) is 0.941. The van der Waals surface area contributed by atoms with E-state index in [0.717, 1.165) is 38.5 Å². The lowest BCUT2D eigenvalue weighted by molar-refractivity contribution is -0.143. The van der Waals surface area contributed by atoms with Gasteiger partial charge >= 0.3 is 5.97 Å². The van der Waals surface area contributed by atoms with Gasteiger partial charge in [-0.2, -0.15) is 0 Å². The quantitative estimate of drug-likeness (QED) is 0.0320. The molecule has 3 N–H and O–H groups in total. The van der Waals surface area contributed by atoms with Crippen molar-refractivity contribution in [1.82, 2.24) is 5.32 Å². The van der Waals surface area contributed by atoms with E-state index in [-0.39, 0.29) is 18.5 Å². The first-order valence-electron chi connectivity index (χ1n) is 34.0. The highest BCUT2D eigenvalue weighted by Crippen LogP contribution is 2.19. The monoisotopic (exact) mass is 1040 g/mol. The molecule has 2 unspecified atom stereocenters. The maximum atomic E-state index is 12.5. The molecule has 0 rings (SSSR count). The average Bonchev–Trinajstić information content (AvgIpc) is 3.40. The first kappa shape index (κ1) is 72.6. The smallest absolute Gasteiger partial charge is 0.305 e. The summed E-state index contributed by atoms with van der Waals surface area (Å²) in [6.07, 6.45) is 78.4. The van der Waals surface area contributed by atoms with Crippen molar-refractivity contribution in [3.05, 3.63) is 12.2 Å². The van der Waals surface area contributed by atoms with Gasteiger partial charge in [-0.05, 0) is 32.1 Å². The van der Waals surface area contributed by atoms with Crippen LogP contribution in [-0.4, -0.2) is 47.4 Å². The van der Waals surface area contributed by atoms with Gasteiger partial charge in [0, 0.05) is 12.8 Å². The summed E-state index contributed by atoms with van der Waals surface area (Å²) in [5.74, 6) is -0.0510. The molecule has 6 nitrogen and oxygen atoms in total. The molecule has 1 amide bonds. The summed E-state index contributed by atoms with van der Waals surface area (Å²) in [6, 6.07) is -0.629. The Labute approximate surface area is 463 Å². The Hall–Kier alpha value is -1.40. The van der Waals surface area contributed by atoms with E-state index in [1.807, 2.05) is 6.08 Å². The number of esters is 1. The predicted molar refractivity (Wildman–Crippen MR) is 324 cm³/mol. The summed E-state index contributed by atoms with van der Waals surface area (Å²) < 4.78 is 5.48. The second kappa shape index (κ2) is 64.1. The summed E-state index contributed by atoms with van der Waals surface area (Å²) in [7, 11) is 0. The molecule has 2 atom stereocenters. The number of unbranched alkanes of at least 4 members (excludes halogenated alkanes) is 53. The number of allylic oxidation sites excluding steroid dienone is 1. The van der Waals surface area contributed by atoms with E-state index in [2.05, 4.69) is 19.2 Å².